The molecule has 1 atom stereocenters. The fourth-order valence-electron chi connectivity index (χ4n) is 1.93. The molecule has 1 heterocycles. The number of rotatable bonds is 7. The van der Waals surface area contributed by atoms with Gasteiger partial charge in [-0.3, -0.25) is 0 Å². The van der Waals surface area contributed by atoms with Crippen molar-refractivity contribution < 1.29 is 0 Å². The molecule has 0 saturated heterocycles. The van der Waals surface area contributed by atoms with E-state index in [-0.39, 0.29) is 0 Å². The third-order valence-electron chi connectivity index (χ3n) is 3.11. The lowest BCUT2D eigenvalue weighted by molar-refractivity contribution is 0.606. The van der Waals surface area contributed by atoms with Gasteiger partial charge in [0, 0.05) is 25.3 Å². The number of hydrogen-bond donors (Lipinski definition) is 1. The second-order valence-corrected chi connectivity index (χ2v) is 5.21. The monoisotopic (exact) mass is 260 g/mol. The summed E-state index contributed by atoms with van der Waals surface area (Å²) in [4.78, 5) is 6.71. The minimum absolute atomic E-state index is 0.305. The lowest BCUT2D eigenvalue weighted by Gasteiger charge is -2.25. The Bertz CT molecular complexity index is 405. The summed E-state index contributed by atoms with van der Waals surface area (Å²) in [5, 5.41) is 11.9. The van der Waals surface area contributed by atoms with Crippen molar-refractivity contribution in [2.45, 2.75) is 33.2 Å². The van der Waals surface area contributed by atoms with E-state index >= 15 is 0 Å². The highest BCUT2D eigenvalue weighted by atomic mass is 15.2. The first-order chi connectivity index (χ1) is 9.08. The van der Waals surface area contributed by atoms with Gasteiger partial charge in [-0.2, -0.15) is 5.26 Å². The summed E-state index contributed by atoms with van der Waals surface area (Å²) in [6, 6.07) is 6.65. The van der Waals surface area contributed by atoms with Crippen LogP contribution in [0.1, 0.15) is 38.8 Å². The van der Waals surface area contributed by atoms with Crippen LogP contribution in [0.2, 0.25) is 0 Å². The van der Waals surface area contributed by atoms with Gasteiger partial charge in [-0.15, -0.1) is 0 Å². The maximum atomic E-state index is 8.74. The summed E-state index contributed by atoms with van der Waals surface area (Å²) in [5.41, 5.74) is 1.18. The molecular formula is C15H24N4. The molecule has 1 N–H and O–H groups in total. The van der Waals surface area contributed by atoms with Crippen LogP contribution in [0.5, 0.6) is 0 Å². The van der Waals surface area contributed by atoms with Crippen molar-refractivity contribution in [3.63, 3.8) is 0 Å². The van der Waals surface area contributed by atoms with Crippen LogP contribution in [0.4, 0.5) is 5.82 Å². The minimum atomic E-state index is 0.305. The highest BCUT2D eigenvalue weighted by molar-refractivity contribution is 5.40. The van der Waals surface area contributed by atoms with E-state index < -0.39 is 0 Å². The molecule has 0 aliphatic rings. The first kappa shape index (κ1) is 15.5. The van der Waals surface area contributed by atoms with Crippen LogP contribution in [-0.4, -0.2) is 25.1 Å². The Balaban J connectivity index is 2.81. The van der Waals surface area contributed by atoms with Gasteiger partial charge in [0.1, 0.15) is 5.82 Å². The molecule has 0 spiro atoms. The van der Waals surface area contributed by atoms with Gasteiger partial charge in [0.05, 0.1) is 12.5 Å². The molecule has 0 aliphatic carbocycles. The van der Waals surface area contributed by atoms with E-state index in [1.807, 2.05) is 19.3 Å². The third kappa shape index (κ3) is 4.88. The van der Waals surface area contributed by atoms with Crippen molar-refractivity contribution in [2.75, 3.05) is 25.0 Å². The van der Waals surface area contributed by atoms with Crippen molar-refractivity contribution in [1.82, 2.24) is 10.3 Å². The van der Waals surface area contributed by atoms with Crippen LogP contribution in [0.25, 0.3) is 0 Å². The molecule has 1 aromatic rings. The number of pyridine rings is 1. The zero-order valence-corrected chi connectivity index (χ0v) is 12.3. The number of anilines is 1. The van der Waals surface area contributed by atoms with Crippen LogP contribution < -0.4 is 10.2 Å². The van der Waals surface area contributed by atoms with Crippen LogP contribution in [0.3, 0.4) is 0 Å². The van der Waals surface area contributed by atoms with Crippen molar-refractivity contribution in [3.05, 3.63) is 23.9 Å². The standard InChI is InChI=1S/C15H24N4/c1-12(2)11-19(9-5-8-16)15-7-6-14(10-18-15)13(3)17-4/h6-7,10,12-13,17H,5,9,11H2,1-4H3. The molecule has 0 aromatic carbocycles. The first-order valence-electron chi connectivity index (χ1n) is 6.83. The topological polar surface area (TPSA) is 52.0 Å². The van der Waals surface area contributed by atoms with Crippen molar-refractivity contribution in [3.8, 4) is 6.07 Å². The molecule has 19 heavy (non-hydrogen) atoms. The van der Waals surface area contributed by atoms with Gasteiger partial charge in [0.2, 0.25) is 0 Å². The smallest absolute Gasteiger partial charge is 0.128 e. The van der Waals surface area contributed by atoms with E-state index in [0.29, 0.717) is 18.4 Å². The van der Waals surface area contributed by atoms with E-state index in [4.69, 9.17) is 5.26 Å². The van der Waals surface area contributed by atoms with E-state index in [1.54, 1.807) is 0 Å². The molecule has 4 nitrogen and oxygen atoms in total. The third-order valence-corrected chi connectivity index (χ3v) is 3.11. The molecule has 0 saturated carbocycles. The first-order valence-corrected chi connectivity index (χ1v) is 6.83. The van der Waals surface area contributed by atoms with Gasteiger partial charge in [-0.05, 0) is 31.5 Å². The zero-order valence-electron chi connectivity index (χ0n) is 12.3. The van der Waals surface area contributed by atoms with E-state index in [1.165, 1.54) is 5.56 Å². The summed E-state index contributed by atoms with van der Waals surface area (Å²) < 4.78 is 0. The normalized spacial score (nSPS) is 12.2. The largest absolute Gasteiger partial charge is 0.355 e. The predicted octanol–water partition coefficient (Wildman–Crippen LogP) is 2.74. The molecule has 1 unspecified atom stereocenters. The summed E-state index contributed by atoms with van der Waals surface area (Å²) in [6.07, 6.45) is 2.44. The van der Waals surface area contributed by atoms with Crippen LogP contribution in [0, 0.1) is 17.2 Å². The minimum Gasteiger partial charge on any atom is -0.355 e. The van der Waals surface area contributed by atoms with E-state index in [9.17, 15) is 0 Å². The van der Waals surface area contributed by atoms with Crippen LogP contribution in [0.15, 0.2) is 18.3 Å². The number of nitriles is 1. The van der Waals surface area contributed by atoms with E-state index in [0.717, 1.165) is 18.9 Å². The van der Waals surface area contributed by atoms with Crippen LogP contribution in [-0.2, 0) is 0 Å². The van der Waals surface area contributed by atoms with Crippen molar-refractivity contribution in [2.24, 2.45) is 5.92 Å². The quantitative estimate of drug-likeness (QED) is 0.819. The summed E-state index contributed by atoms with van der Waals surface area (Å²) in [6.45, 7) is 8.13. The highest BCUT2D eigenvalue weighted by Gasteiger charge is 2.10. The molecule has 4 heteroatoms. The average Bonchev–Trinajstić information content (AvgIpc) is 2.42. The Labute approximate surface area is 116 Å². The van der Waals surface area contributed by atoms with Gasteiger partial charge in [-0.1, -0.05) is 19.9 Å². The Hall–Kier alpha value is -1.60. The molecule has 104 valence electrons. The Morgan fingerprint density at radius 1 is 1.37 bits per heavy atom. The highest BCUT2D eigenvalue weighted by Crippen LogP contribution is 2.17. The maximum Gasteiger partial charge on any atom is 0.128 e. The molecule has 0 fully saturated rings. The second kappa shape index (κ2) is 7.75. The average molecular weight is 260 g/mol. The van der Waals surface area contributed by atoms with Gasteiger partial charge in [0.25, 0.3) is 0 Å². The Morgan fingerprint density at radius 3 is 2.58 bits per heavy atom. The van der Waals surface area contributed by atoms with E-state index in [2.05, 4.69) is 48.1 Å². The van der Waals surface area contributed by atoms with Gasteiger partial charge >= 0.3 is 0 Å². The maximum absolute atomic E-state index is 8.74. The van der Waals surface area contributed by atoms with Gasteiger partial charge in [0.15, 0.2) is 0 Å². The molecule has 0 radical (unpaired) electrons. The summed E-state index contributed by atoms with van der Waals surface area (Å²) in [5.74, 6) is 1.51. The van der Waals surface area contributed by atoms with Crippen molar-refractivity contribution >= 4 is 5.82 Å². The number of nitrogens with one attached hydrogen (secondary N) is 1. The van der Waals surface area contributed by atoms with Gasteiger partial charge < -0.3 is 10.2 Å². The number of aromatic nitrogens is 1. The van der Waals surface area contributed by atoms with Gasteiger partial charge in [-0.25, -0.2) is 4.98 Å². The molecule has 0 aliphatic heterocycles. The molecule has 0 amide bonds. The Morgan fingerprint density at radius 2 is 2.11 bits per heavy atom. The predicted molar refractivity (Wildman–Crippen MR) is 79.0 cm³/mol. The zero-order chi connectivity index (χ0) is 14.3. The Kier molecular flexibility index (Phi) is 6.31. The molecule has 1 rings (SSSR count). The molecule has 1 aromatic heterocycles. The lowest BCUT2D eigenvalue weighted by atomic mass is 10.1. The fourth-order valence-corrected chi connectivity index (χ4v) is 1.93. The fraction of sp³-hybridized carbons (Fsp3) is 0.600. The lowest BCUT2D eigenvalue weighted by Crippen LogP contribution is -2.29. The SMILES string of the molecule is CNC(C)c1ccc(N(CCC#N)CC(C)C)nc1. The van der Waals surface area contributed by atoms with Crippen molar-refractivity contribution in [1.29, 1.82) is 5.26 Å². The van der Waals surface area contributed by atoms with Crippen LogP contribution >= 0.6 is 0 Å². The molecule has 0 bridgehead atoms. The summed E-state index contributed by atoms with van der Waals surface area (Å²) >= 11 is 0. The number of nitrogens with zero attached hydrogens (tertiary/aromatic N) is 3. The summed E-state index contributed by atoms with van der Waals surface area (Å²) in [7, 11) is 1.94. The second-order valence-electron chi connectivity index (χ2n) is 5.21. The number of hydrogen-bond acceptors (Lipinski definition) is 4. The molecular weight excluding hydrogens is 236 g/mol.